The molecule has 0 saturated carbocycles. The normalized spacial score (nSPS) is 21.8. The summed E-state index contributed by atoms with van der Waals surface area (Å²) in [5, 5.41) is 12.3. The van der Waals surface area contributed by atoms with Gasteiger partial charge in [-0.1, -0.05) is 13.8 Å². The molecule has 3 heterocycles. The molecule has 1 atom stereocenters. The van der Waals surface area contributed by atoms with Gasteiger partial charge in [-0.25, -0.2) is 4.98 Å². The van der Waals surface area contributed by atoms with Crippen molar-refractivity contribution in [2.24, 2.45) is 17.8 Å². The summed E-state index contributed by atoms with van der Waals surface area (Å²) < 4.78 is 0. The number of aliphatic hydroxyl groups excluding tert-OH is 1. The fourth-order valence-corrected chi connectivity index (χ4v) is 4.15. The molecule has 0 radical (unpaired) electrons. The van der Waals surface area contributed by atoms with Gasteiger partial charge >= 0.3 is 0 Å². The second-order valence-corrected chi connectivity index (χ2v) is 8.54. The van der Waals surface area contributed by atoms with E-state index >= 15 is 0 Å². The standard InChI is InChI=1S/C21H34N4O2/c1-16(2)13-24-8-5-18(14-24)11-23-21(27)19-3-4-20(22-12-19)25-9-6-17(15-26)7-10-25/h3-4,12,16-18,26H,5-11,13-15H2,1-2H3,(H,23,27). The lowest BCUT2D eigenvalue weighted by molar-refractivity contribution is 0.0947. The van der Waals surface area contributed by atoms with E-state index in [1.54, 1.807) is 6.20 Å². The molecule has 2 fully saturated rings. The van der Waals surface area contributed by atoms with Crippen LogP contribution in [0.4, 0.5) is 5.82 Å². The third-order valence-electron chi connectivity index (χ3n) is 5.75. The first-order chi connectivity index (χ1) is 13.0. The Hall–Kier alpha value is -1.66. The maximum absolute atomic E-state index is 12.4. The molecule has 6 nitrogen and oxygen atoms in total. The van der Waals surface area contributed by atoms with Crippen LogP contribution in [0.5, 0.6) is 0 Å². The molecule has 0 aromatic carbocycles. The van der Waals surface area contributed by atoms with Gasteiger partial charge in [0.05, 0.1) is 5.56 Å². The molecular weight excluding hydrogens is 340 g/mol. The molecule has 0 aliphatic carbocycles. The number of hydrogen-bond donors (Lipinski definition) is 2. The molecule has 3 rings (SSSR count). The Morgan fingerprint density at radius 1 is 1.22 bits per heavy atom. The smallest absolute Gasteiger partial charge is 0.252 e. The van der Waals surface area contributed by atoms with E-state index in [0.29, 0.717) is 23.3 Å². The molecular formula is C21H34N4O2. The van der Waals surface area contributed by atoms with Crippen LogP contribution in [-0.2, 0) is 0 Å². The molecule has 27 heavy (non-hydrogen) atoms. The van der Waals surface area contributed by atoms with Crippen LogP contribution in [-0.4, -0.2) is 66.8 Å². The largest absolute Gasteiger partial charge is 0.396 e. The number of nitrogens with zero attached hydrogens (tertiary/aromatic N) is 3. The number of likely N-dealkylation sites (tertiary alicyclic amines) is 1. The highest BCUT2D eigenvalue weighted by Gasteiger charge is 2.23. The molecule has 150 valence electrons. The summed E-state index contributed by atoms with van der Waals surface area (Å²) >= 11 is 0. The average molecular weight is 375 g/mol. The number of pyridine rings is 1. The van der Waals surface area contributed by atoms with Crippen LogP contribution in [0.3, 0.4) is 0 Å². The number of carbonyl (C=O) groups excluding carboxylic acids is 1. The zero-order chi connectivity index (χ0) is 19.2. The lowest BCUT2D eigenvalue weighted by Crippen LogP contribution is -2.35. The van der Waals surface area contributed by atoms with E-state index in [4.69, 9.17) is 0 Å². The van der Waals surface area contributed by atoms with Gasteiger partial charge in [-0.2, -0.15) is 0 Å². The first kappa shape index (κ1) is 20.1. The summed E-state index contributed by atoms with van der Waals surface area (Å²) in [4.78, 5) is 21.6. The third kappa shape index (κ3) is 5.66. The van der Waals surface area contributed by atoms with Crippen molar-refractivity contribution < 1.29 is 9.90 Å². The van der Waals surface area contributed by atoms with Gasteiger partial charge in [0, 0.05) is 45.5 Å². The van der Waals surface area contributed by atoms with Gasteiger partial charge in [-0.15, -0.1) is 0 Å². The fraction of sp³-hybridized carbons (Fsp3) is 0.714. The highest BCUT2D eigenvalue weighted by atomic mass is 16.3. The number of nitrogens with one attached hydrogen (secondary N) is 1. The highest BCUT2D eigenvalue weighted by molar-refractivity contribution is 5.94. The average Bonchev–Trinajstić information content (AvgIpc) is 3.13. The number of anilines is 1. The van der Waals surface area contributed by atoms with Crippen LogP contribution in [0.15, 0.2) is 18.3 Å². The van der Waals surface area contributed by atoms with Crippen molar-refractivity contribution >= 4 is 11.7 Å². The Kier molecular flexibility index (Phi) is 7.07. The van der Waals surface area contributed by atoms with Crippen molar-refractivity contribution in [3.05, 3.63) is 23.9 Å². The van der Waals surface area contributed by atoms with Crippen molar-refractivity contribution in [1.82, 2.24) is 15.2 Å². The van der Waals surface area contributed by atoms with Gasteiger partial charge < -0.3 is 20.2 Å². The fourth-order valence-electron chi connectivity index (χ4n) is 4.15. The minimum atomic E-state index is -0.0321. The SMILES string of the molecule is CC(C)CN1CCC(CNC(=O)c2ccc(N3CCC(CO)CC3)nc2)C1. The number of hydrogen-bond acceptors (Lipinski definition) is 5. The van der Waals surface area contributed by atoms with E-state index in [0.717, 1.165) is 64.3 Å². The predicted molar refractivity (Wildman–Crippen MR) is 108 cm³/mol. The van der Waals surface area contributed by atoms with Crippen molar-refractivity contribution in [1.29, 1.82) is 0 Å². The van der Waals surface area contributed by atoms with E-state index in [2.05, 4.69) is 33.9 Å². The van der Waals surface area contributed by atoms with Crippen LogP contribution >= 0.6 is 0 Å². The van der Waals surface area contributed by atoms with Crippen LogP contribution in [0.1, 0.15) is 43.5 Å². The molecule has 1 aromatic heterocycles. The molecule has 0 spiro atoms. The van der Waals surface area contributed by atoms with Crippen LogP contribution in [0.2, 0.25) is 0 Å². The van der Waals surface area contributed by atoms with Gasteiger partial charge in [-0.05, 0) is 55.7 Å². The zero-order valence-electron chi connectivity index (χ0n) is 16.7. The van der Waals surface area contributed by atoms with E-state index in [9.17, 15) is 9.90 Å². The number of piperidine rings is 1. The summed E-state index contributed by atoms with van der Waals surface area (Å²) in [6.07, 6.45) is 4.84. The molecule has 2 N–H and O–H groups in total. The Morgan fingerprint density at radius 3 is 2.59 bits per heavy atom. The first-order valence-electron chi connectivity index (χ1n) is 10.4. The van der Waals surface area contributed by atoms with Crippen LogP contribution < -0.4 is 10.2 Å². The monoisotopic (exact) mass is 374 g/mol. The Labute approximate surface area is 163 Å². The van der Waals surface area contributed by atoms with Crippen molar-refractivity contribution in [2.75, 3.05) is 50.8 Å². The van der Waals surface area contributed by atoms with Gasteiger partial charge in [0.25, 0.3) is 5.91 Å². The summed E-state index contributed by atoms with van der Waals surface area (Å²) in [6, 6.07) is 3.81. The van der Waals surface area contributed by atoms with E-state index in [1.807, 2.05) is 12.1 Å². The number of carbonyl (C=O) groups is 1. The van der Waals surface area contributed by atoms with E-state index in [-0.39, 0.29) is 12.5 Å². The van der Waals surface area contributed by atoms with Crippen molar-refractivity contribution in [2.45, 2.75) is 33.1 Å². The maximum atomic E-state index is 12.4. The Morgan fingerprint density at radius 2 is 1.96 bits per heavy atom. The molecule has 6 heteroatoms. The quantitative estimate of drug-likeness (QED) is 0.764. The first-order valence-corrected chi connectivity index (χ1v) is 10.4. The summed E-state index contributed by atoms with van der Waals surface area (Å²) in [7, 11) is 0. The Bertz CT molecular complexity index is 597. The minimum absolute atomic E-state index is 0.0321. The molecule has 2 aliphatic rings. The lowest BCUT2D eigenvalue weighted by Gasteiger charge is -2.31. The van der Waals surface area contributed by atoms with Crippen molar-refractivity contribution in [3.8, 4) is 0 Å². The number of rotatable bonds is 7. The molecule has 2 aliphatic heterocycles. The number of aliphatic hydroxyl groups is 1. The summed E-state index contributed by atoms with van der Waals surface area (Å²) in [5.74, 6) is 2.54. The molecule has 2 saturated heterocycles. The Balaban J connectivity index is 1.44. The van der Waals surface area contributed by atoms with Crippen LogP contribution in [0, 0.1) is 17.8 Å². The number of aromatic nitrogens is 1. The van der Waals surface area contributed by atoms with Gasteiger partial charge in [0.15, 0.2) is 0 Å². The molecule has 0 bridgehead atoms. The predicted octanol–water partition coefficient (Wildman–Crippen LogP) is 2.00. The van der Waals surface area contributed by atoms with Gasteiger partial charge in [-0.3, -0.25) is 4.79 Å². The second kappa shape index (κ2) is 9.51. The molecule has 1 aromatic rings. The second-order valence-electron chi connectivity index (χ2n) is 8.54. The van der Waals surface area contributed by atoms with Crippen molar-refractivity contribution in [3.63, 3.8) is 0 Å². The highest BCUT2D eigenvalue weighted by Crippen LogP contribution is 2.21. The third-order valence-corrected chi connectivity index (χ3v) is 5.75. The zero-order valence-corrected chi connectivity index (χ0v) is 16.7. The topological polar surface area (TPSA) is 68.7 Å². The van der Waals surface area contributed by atoms with Crippen LogP contribution in [0.25, 0.3) is 0 Å². The maximum Gasteiger partial charge on any atom is 0.252 e. The van der Waals surface area contributed by atoms with Gasteiger partial charge in [0.2, 0.25) is 0 Å². The molecule has 1 unspecified atom stereocenters. The lowest BCUT2D eigenvalue weighted by atomic mass is 9.98. The molecule has 1 amide bonds. The van der Waals surface area contributed by atoms with Gasteiger partial charge in [0.1, 0.15) is 5.82 Å². The van der Waals surface area contributed by atoms with E-state index in [1.165, 1.54) is 0 Å². The summed E-state index contributed by atoms with van der Waals surface area (Å²) in [5.41, 5.74) is 0.626. The van der Waals surface area contributed by atoms with E-state index < -0.39 is 0 Å². The minimum Gasteiger partial charge on any atom is -0.396 e. The number of amides is 1. The summed E-state index contributed by atoms with van der Waals surface area (Å²) in [6.45, 7) is 10.7.